The molecule has 1 heterocycles. The van der Waals surface area contributed by atoms with Crippen LogP contribution in [0.25, 0.3) is 0 Å². The molecule has 2 N–H and O–H groups in total. The third kappa shape index (κ3) is 5.01. The van der Waals surface area contributed by atoms with Gasteiger partial charge in [0.15, 0.2) is 0 Å². The first-order valence-corrected chi connectivity index (χ1v) is 8.60. The van der Waals surface area contributed by atoms with Crippen molar-refractivity contribution in [2.75, 3.05) is 17.2 Å². The molecule has 0 radical (unpaired) electrons. The highest BCUT2D eigenvalue weighted by Gasteiger charge is 2.14. The van der Waals surface area contributed by atoms with Gasteiger partial charge < -0.3 is 10.6 Å². The van der Waals surface area contributed by atoms with E-state index in [9.17, 15) is 13.6 Å². The summed E-state index contributed by atoms with van der Waals surface area (Å²) < 4.78 is 27.3. The van der Waals surface area contributed by atoms with Crippen LogP contribution >= 0.6 is 11.6 Å². The van der Waals surface area contributed by atoms with Crippen LogP contribution in [0.2, 0.25) is 5.02 Å². The van der Waals surface area contributed by atoms with E-state index in [0.29, 0.717) is 17.4 Å². The minimum absolute atomic E-state index is 0.234. The molecule has 27 heavy (non-hydrogen) atoms. The van der Waals surface area contributed by atoms with Crippen LogP contribution in [0.4, 0.5) is 20.3 Å². The fraction of sp³-hybridized carbons (Fsp3) is 0.100. The van der Waals surface area contributed by atoms with E-state index >= 15 is 0 Å². The number of benzene rings is 2. The molecule has 0 fully saturated rings. The number of rotatable bonds is 6. The van der Waals surface area contributed by atoms with Gasteiger partial charge in [-0.2, -0.15) is 0 Å². The Balaban J connectivity index is 1.63. The largest absolute Gasteiger partial charge is 0.370 e. The highest BCUT2D eigenvalue weighted by molar-refractivity contribution is 6.30. The van der Waals surface area contributed by atoms with Crippen molar-refractivity contribution in [3.8, 4) is 0 Å². The van der Waals surface area contributed by atoms with Gasteiger partial charge in [-0.05, 0) is 48.4 Å². The molecule has 0 aliphatic carbocycles. The number of amides is 1. The molecule has 0 spiro atoms. The summed E-state index contributed by atoms with van der Waals surface area (Å²) in [6.45, 7) is 0.584. The van der Waals surface area contributed by atoms with Crippen LogP contribution in [0, 0.1) is 11.6 Å². The zero-order valence-corrected chi connectivity index (χ0v) is 14.9. The predicted octanol–water partition coefficient (Wildman–Crippen LogP) is 4.92. The first-order chi connectivity index (χ1) is 13.0. The standard InChI is InChI=1S/C20H16ClF2N3O/c21-15-4-1-3-13(11-15)7-9-24-18-12-14(8-10-25-18)20(27)26-19-16(22)5-2-6-17(19)23/h1-6,8,10-12H,7,9H2,(H,24,25)(H,26,27). The Morgan fingerprint density at radius 3 is 2.52 bits per heavy atom. The number of nitrogens with zero attached hydrogens (tertiary/aromatic N) is 1. The van der Waals surface area contributed by atoms with E-state index in [2.05, 4.69) is 15.6 Å². The van der Waals surface area contributed by atoms with Gasteiger partial charge in [-0.3, -0.25) is 4.79 Å². The third-order valence-electron chi connectivity index (χ3n) is 3.83. The van der Waals surface area contributed by atoms with Crippen LogP contribution < -0.4 is 10.6 Å². The number of nitrogens with one attached hydrogen (secondary N) is 2. The molecule has 138 valence electrons. The highest BCUT2D eigenvalue weighted by Crippen LogP contribution is 2.19. The van der Waals surface area contributed by atoms with Gasteiger partial charge in [0.05, 0.1) is 0 Å². The fourth-order valence-corrected chi connectivity index (χ4v) is 2.71. The Hall–Kier alpha value is -2.99. The Morgan fingerprint density at radius 1 is 1.04 bits per heavy atom. The zero-order valence-electron chi connectivity index (χ0n) is 14.2. The fourth-order valence-electron chi connectivity index (χ4n) is 2.50. The average Bonchev–Trinajstić information content (AvgIpc) is 2.65. The Labute approximate surface area is 160 Å². The lowest BCUT2D eigenvalue weighted by atomic mass is 10.1. The van der Waals surface area contributed by atoms with E-state index in [1.165, 1.54) is 24.4 Å². The van der Waals surface area contributed by atoms with Crippen molar-refractivity contribution in [2.24, 2.45) is 0 Å². The Morgan fingerprint density at radius 2 is 1.78 bits per heavy atom. The van der Waals surface area contributed by atoms with Crippen LogP contribution in [-0.2, 0) is 6.42 Å². The number of carbonyl (C=O) groups excluding carboxylic acids is 1. The molecular formula is C20H16ClF2N3O. The van der Waals surface area contributed by atoms with Gasteiger partial charge in [0.1, 0.15) is 23.1 Å². The molecule has 2 aromatic carbocycles. The summed E-state index contributed by atoms with van der Waals surface area (Å²) in [5.41, 5.74) is 0.826. The lowest BCUT2D eigenvalue weighted by molar-refractivity contribution is 0.102. The van der Waals surface area contributed by atoms with Gasteiger partial charge in [0, 0.05) is 23.3 Å². The van der Waals surface area contributed by atoms with E-state index in [0.717, 1.165) is 24.1 Å². The molecule has 1 aromatic heterocycles. The molecule has 3 aromatic rings. The number of carbonyl (C=O) groups is 1. The molecule has 0 atom stereocenters. The number of halogens is 3. The first-order valence-electron chi connectivity index (χ1n) is 8.22. The van der Waals surface area contributed by atoms with Crippen LogP contribution in [-0.4, -0.2) is 17.4 Å². The lowest BCUT2D eigenvalue weighted by Crippen LogP contribution is -2.15. The second-order valence-electron chi connectivity index (χ2n) is 5.79. The summed E-state index contributed by atoms with van der Waals surface area (Å²) in [6, 6.07) is 13.9. The van der Waals surface area contributed by atoms with Gasteiger partial charge in [-0.15, -0.1) is 0 Å². The Bertz CT molecular complexity index is 945. The maximum Gasteiger partial charge on any atom is 0.256 e. The number of hydrogen-bond donors (Lipinski definition) is 2. The van der Waals surface area contributed by atoms with E-state index < -0.39 is 23.2 Å². The van der Waals surface area contributed by atoms with Crippen LogP contribution in [0.5, 0.6) is 0 Å². The first kappa shape index (κ1) is 18.8. The average molecular weight is 388 g/mol. The van der Waals surface area contributed by atoms with Crippen molar-refractivity contribution >= 4 is 29.0 Å². The normalized spacial score (nSPS) is 10.5. The number of pyridine rings is 1. The van der Waals surface area contributed by atoms with Crippen molar-refractivity contribution in [3.63, 3.8) is 0 Å². The summed E-state index contributed by atoms with van der Waals surface area (Å²) in [5, 5.41) is 6.03. The molecule has 0 unspecified atom stereocenters. The monoisotopic (exact) mass is 387 g/mol. The van der Waals surface area contributed by atoms with Crippen LogP contribution in [0.1, 0.15) is 15.9 Å². The second kappa shape index (κ2) is 8.60. The third-order valence-corrected chi connectivity index (χ3v) is 4.07. The molecule has 0 aliphatic heterocycles. The maximum absolute atomic E-state index is 13.7. The molecule has 3 rings (SSSR count). The van der Waals surface area contributed by atoms with Crippen molar-refractivity contribution in [2.45, 2.75) is 6.42 Å². The van der Waals surface area contributed by atoms with Crippen LogP contribution in [0.15, 0.2) is 60.8 Å². The van der Waals surface area contributed by atoms with Gasteiger partial charge in [-0.1, -0.05) is 29.8 Å². The maximum atomic E-state index is 13.7. The van der Waals surface area contributed by atoms with Gasteiger partial charge in [-0.25, -0.2) is 13.8 Å². The topological polar surface area (TPSA) is 54.0 Å². The minimum atomic E-state index is -0.836. The smallest absolute Gasteiger partial charge is 0.256 e. The van der Waals surface area contributed by atoms with Gasteiger partial charge in [0.25, 0.3) is 5.91 Å². The summed E-state index contributed by atoms with van der Waals surface area (Å²) >= 11 is 5.95. The molecule has 4 nitrogen and oxygen atoms in total. The molecule has 0 saturated carbocycles. The van der Waals surface area contributed by atoms with Crippen molar-refractivity contribution in [3.05, 3.63) is 88.6 Å². The number of para-hydroxylation sites is 1. The van der Waals surface area contributed by atoms with Crippen LogP contribution in [0.3, 0.4) is 0 Å². The molecule has 0 saturated heterocycles. The summed E-state index contributed by atoms with van der Waals surface area (Å²) in [7, 11) is 0. The van der Waals surface area contributed by atoms with E-state index in [1.807, 2.05) is 18.2 Å². The molecule has 0 bridgehead atoms. The van der Waals surface area contributed by atoms with Crippen molar-refractivity contribution in [1.29, 1.82) is 0 Å². The van der Waals surface area contributed by atoms with E-state index in [-0.39, 0.29) is 5.56 Å². The molecule has 7 heteroatoms. The van der Waals surface area contributed by atoms with Crippen molar-refractivity contribution in [1.82, 2.24) is 4.98 Å². The molecular weight excluding hydrogens is 372 g/mol. The quantitative estimate of drug-likeness (QED) is 0.631. The SMILES string of the molecule is O=C(Nc1c(F)cccc1F)c1ccnc(NCCc2cccc(Cl)c2)c1. The molecule has 1 amide bonds. The minimum Gasteiger partial charge on any atom is -0.370 e. The zero-order chi connectivity index (χ0) is 19.2. The Kier molecular flexibility index (Phi) is 5.98. The summed E-state index contributed by atoms with van der Waals surface area (Å²) in [5.74, 6) is -1.81. The summed E-state index contributed by atoms with van der Waals surface area (Å²) in [6.07, 6.45) is 2.17. The van der Waals surface area contributed by atoms with E-state index in [1.54, 1.807) is 6.07 Å². The lowest BCUT2D eigenvalue weighted by Gasteiger charge is -2.09. The van der Waals surface area contributed by atoms with Crippen molar-refractivity contribution < 1.29 is 13.6 Å². The highest BCUT2D eigenvalue weighted by atomic mass is 35.5. The number of anilines is 2. The number of aromatic nitrogens is 1. The number of hydrogen-bond acceptors (Lipinski definition) is 3. The second-order valence-corrected chi connectivity index (χ2v) is 6.22. The van der Waals surface area contributed by atoms with Gasteiger partial charge >= 0.3 is 0 Å². The predicted molar refractivity (Wildman–Crippen MR) is 102 cm³/mol. The summed E-state index contributed by atoms with van der Waals surface area (Å²) in [4.78, 5) is 16.4. The van der Waals surface area contributed by atoms with Gasteiger partial charge in [0.2, 0.25) is 0 Å². The molecule has 0 aliphatic rings. The van der Waals surface area contributed by atoms with E-state index in [4.69, 9.17) is 11.6 Å².